The molecule has 4 aromatic carbocycles. The van der Waals surface area contributed by atoms with Gasteiger partial charge in [-0.3, -0.25) is 9.59 Å². The maximum absolute atomic E-state index is 14.2. The summed E-state index contributed by atoms with van der Waals surface area (Å²) in [6.07, 6.45) is 13.9. The minimum absolute atomic E-state index is 0.0781. The smallest absolute Gasteiger partial charge is 0.490 e. The van der Waals surface area contributed by atoms with Crippen LogP contribution >= 0.6 is 15.9 Å². The lowest BCUT2D eigenvalue weighted by Crippen LogP contribution is -2.41. The molecule has 2 saturated carbocycles. The lowest BCUT2D eigenvalue weighted by Gasteiger charge is -2.32. The largest absolute Gasteiger partial charge is 0.494 e. The number of aldehydes is 2. The summed E-state index contributed by atoms with van der Waals surface area (Å²) in [5.74, 6) is 2.55. The summed E-state index contributed by atoms with van der Waals surface area (Å²) in [5.41, 5.74) is 1.80. The van der Waals surface area contributed by atoms with Gasteiger partial charge in [0.05, 0.1) is 39.0 Å². The number of ether oxygens (including phenoxy) is 2. The molecule has 3 fully saturated rings. The third kappa shape index (κ3) is 11.9. The average Bonchev–Trinajstić information content (AvgIpc) is 3.46. The third-order valence-corrected chi connectivity index (χ3v) is 12.8. The molecule has 310 valence electrons. The van der Waals surface area contributed by atoms with Crippen molar-refractivity contribution >= 4 is 41.1 Å². The molecular weight excluding hydrogens is 801 g/mol. The van der Waals surface area contributed by atoms with Crippen LogP contribution in [0.5, 0.6) is 11.5 Å². The molecule has 0 N–H and O–H groups in total. The molecule has 1 saturated heterocycles. The fourth-order valence-corrected chi connectivity index (χ4v) is 7.95. The molecule has 58 heavy (non-hydrogen) atoms. The van der Waals surface area contributed by atoms with Crippen molar-refractivity contribution in [1.29, 1.82) is 0 Å². The highest BCUT2D eigenvalue weighted by Gasteiger charge is 2.51. The number of hydrogen-bond acceptors (Lipinski definition) is 6. The minimum Gasteiger partial charge on any atom is -0.490 e. The van der Waals surface area contributed by atoms with Crippen molar-refractivity contribution in [2.75, 3.05) is 0 Å². The van der Waals surface area contributed by atoms with Gasteiger partial charge in [-0.05, 0) is 160 Å². The first-order valence-corrected chi connectivity index (χ1v) is 21.6. The minimum atomic E-state index is -0.502. The van der Waals surface area contributed by atoms with Crippen LogP contribution < -0.4 is 14.9 Å². The lowest BCUT2D eigenvalue weighted by molar-refractivity contribution is 0.00578. The molecule has 0 atom stereocenters. The van der Waals surface area contributed by atoms with E-state index in [-0.39, 0.29) is 35.6 Å². The molecule has 0 aromatic heterocycles. The second-order valence-corrected chi connectivity index (χ2v) is 17.5. The molecule has 0 amide bonds. The van der Waals surface area contributed by atoms with E-state index in [1.54, 1.807) is 24.3 Å². The van der Waals surface area contributed by atoms with E-state index in [0.29, 0.717) is 28.7 Å². The van der Waals surface area contributed by atoms with Gasteiger partial charge in [-0.1, -0.05) is 69.2 Å². The first-order chi connectivity index (χ1) is 27.8. The Kier molecular flexibility index (Phi) is 16.3. The van der Waals surface area contributed by atoms with Gasteiger partial charge in [-0.2, -0.15) is 0 Å². The number of hydrogen-bond donors (Lipinski definition) is 0. The van der Waals surface area contributed by atoms with Gasteiger partial charge in [0.15, 0.2) is 12.6 Å². The van der Waals surface area contributed by atoms with E-state index in [4.69, 9.17) is 18.8 Å². The van der Waals surface area contributed by atoms with Crippen molar-refractivity contribution in [3.8, 4) is 22.6 Å². The van der Waals surface area contributed by atoms with E-state index < -0.39 is 11.6 Å². The molecule has 1 heterocycles. The van der Waals surface area contributed by atoms with Crippen molar-refractivity contribution in [2.45, 2.75) is 129 Å². The first kappa shape index (κ1) is 45.2. The fourth-order valence-electron chi connectivity index (χ4n) is 7.57. The van der Waals surface area contributed by atoms with E-state index in [1.165, 1.54) is 63.5 Å². The Hall–Kier alpha value is -3.86. The Balaban J connectivity index is 0.000000180. The van der Waals surface area contributed by atoms with E-state index >= 15 is 0 Å². The number of rotatable bonds is 10. The van der Waals surface area contributed by atoms with Crippen LogP contribution in [-0.2, 0) is 9.31 Å². The Bertz CT molecular complexity index is 1900. The molecule has 3 aliphatic rings. The summed E-state index contributed by atoms with van der Waals surface area (Å²) in [7, 11) is -0.302. The Morgan fingerprint density at radius 3 is 1.50 bits per heavy atom. The number of carbonyl (C=O) groups excluding carboxylic acids is 2. The second kappa shape index (κ2) is 20.9. The van der Waals surface area contributed by atoms with Gasteiger partial charge >= 0.3 is 7.12 Å². The zero-order valence-electron chi connectivity index (χ0n) is 34.8. The third-order valence-electron chi connectivity index (χ3n) is 12.2. The van der Waals surface area contributed by atoms with Crippen LogP contribution in [0, 0.1) is 23.5 Å². The quantitative estimate of drug-likeness (QED) is 0.117. The van der Waals surface area contributed by atoms with Crippen LogP contribution in [0.15, 0.2) is 89.4 Å². The Labute approximate surface area is 352 Å². The van der Waals surface area contributed by atoms with E-state index in [2.05, 4.69) is 69.6 Å². The van der Waals surface area contributed by atoms with Crippen LogP contribution in [-0.4, -0.2) is 43.1 Å². The van der Waals surface area contributed by atoms with E-state index in [0.717, 1.165) is 47.2 Å². The number of halogens is 3. The van der Waals surface area contributed by atoms with Gasteiger partial charge in [0, 0.05) is 5.56 Å². The normalized spacial score (nSPS) is 22.1. The summed E-state index contributed by atoms with van der Waals surface area (Å²) in [6.45, 7) is 12.9. The van der Waals surface area contributed by atoms with Crippen LogP contribution in [0.4, 0.5) is 8.78 Å². The van der Waals surface area contributed by atoms with Gasteiger partial charge in [0.1, 0.15) is 23.1 Å². The fraction of sp³-hybridized carbons (Fsp3) is 0.458. The molecule has 4 aromatic rings. The zero-order chi connectivity index (χ0) is 41.9. The van der Waals surface area contributed by atoms with Crippen LogP contribution in [0.3, 0.4) is 0 Å². The topological polar surface area (TPSA) is 71.1 Å². The van der Waals surface area contributed by atoms with Gasteiger partial charge in [-0.25, -0.2) is 8.78 Å². The molecule has 7 rings (SSSR count). The molecule has 0 bridgehead atoms. The van der Waals surface area contributed by atoms with Gasteiger partial charge in [0.25, 0.3) is 0 Å². The van der Waals surface area contributed by atoms with Crippen molar-refractivity contribution < 1.29 is 37.2 Å². The number of carbonyl (C=O) groups is 2. The Morgan fingerprint density at radius 1 is 0.638 bits per heavy atom. The van der Waals surface area contributed by atoms with Crippen molar-refractivity contribution in [1.82, 2.24) is 0 Å². The van der Waals surface area contributed by atoms with Crippen LogP contribution in [0.1, 0.15) is 126 Å². The predicted molar refractivity (Wildman–Crippen MR) is 232 cm³/mol. The summed E-state index contributed by atoms with van der Waals surface area (Å²) < 4.78 is 51.7. The predicted octanol–water partition coefficient (Wildman–Crippen LogP) is 12.4. The summed E-state index contributed by atoms with van der Waals surface area (Å²) in [4.78, 5) is 21.0. The summed E-state index contributed by atoms with van der Waals surface area (Å²) in [6, 6.07) is 25.1. The molecule has 6 nitrogen and oxygen atoms in total. The Morgan fingerprint density at radius 2 is 1.07 bits per heavy atom. The van der Waals surface area contributed by atoms with E-state index in [1.807, 2.05) is 36.4 Å². The molecule has 0 unspecified atom stereocenters. The average molecular weight is 860 g/mol. The van der Waals surface area contributed by atoms with Crippen LogP contribution in [0.2, 0.25) is 0 Å². The maximum atomic E-state index is 14.2. The number of benzene rings is 4. The maximum Gasteiger partial charge on any atom is 0.494 e. The van der Waals surface area contributed by atoms with Crippen molar-refractivity contribution in [2.24, 2.45) is 11.8 Å². The summed E-state index contributed by atoms with van der Waals surface area (Å²) >= 11 is 2.95. The van der Waals surface area contributed by atoms with E-state index in [9.17, 15) is 18.4 Å². The van der Waals surface area contributed by atoms with Gasteiger partial charge in [-0.15, -0.1) is 0 Å². The monoisotopic (exact) mass is 858 g/mol. The van der Waals surface area contributed by atoms with Crippen molar-refractivity contribution in [3.63, 3.8) is 0 Å². The molecule has 0 radical (unpaired) electrons. The molecular formula is C48H58BBrF2O6. The molecule has 10 heteroatoms. The van der Waals surface area contributed by atoms with Gasteiger partial charge < -0.3 is 18.8 Å². The molecule has 2 aliphatic carbocycles. The molecule has 1 aliphatic heterocycles. The first-order valence-electron chi connectivity index (χ1n) is 20.8. The highest BCUT2D eigenvalue weighted by Crippen LogP contribution is 2.37. The van der Waals surface area contributed by atoms with Crippen LogP contribution in [0.25, 0.3) is 11.1 Å². The SMILES string of the molecule is CCC1CCC(Oc2ccc(-c3cccc(C=O)c3F)cc2)CC1.CCC1CCC(Oc2ccc(B3OC(C)(C)C(C)(C)O3)cc2)CC1.O=Cc1cccc(Br)c1F. The van der Waals surface area contributed by atoms with Crippen molar-refractivity contribution in [3.05, 3.63) is 112 Å². The highest BCUT2D eigenvalue weighted by atomic mass is 79.9. The second-order valence-electron chi connectivity index (χ2n) is 16.6. The van der Waals surface area contributed by atoms with Gasteiger partial charge in [0.2, 0.25) is 0 Å². The zero-order valence-corrected chi connectivity index (χ0v) is 36.4. The standard InChI is InChI=1S/C21H23FO2.C20H31BO3.C7H4BrFO/c1-2-15-6-10-18(11-7-15)24-19-12-8-16(9-13-19)20-5-3-4-17(14-23)21(20)22;1-6-15-7-11-17(12-8-15)22-18-13-9-16(10-14-18)21-23-19(2,3)20(4,5)24-21;8-6-3-1-2-5(4-10)7(6)9/h3-5,8-9,12-15,18H,2,6-7,10-11H2,1H3;9-10,13-15,17H,6-8,11-12H2,1-5H3;1-4H. The lowest BCUT2D eigenvalue weighted by atomic mass is 9.79. The highest BCUT2D eigenvalue weighted by molar-refractivity contribution is 9.10. The molecule has 0 spiro atoms. The summed E-state index contributed by atoms with van der Waals surface area (Å²) in [5, 5.41) is 0.